The van der Waals surface area contributed by atoms with Crippen molar-refractivity contribution in [3.63, 3.8) is 0 Å². The lowest BCUT2D eigenvalue weighted by Gasteiger charge is -2.22. The van der Waals surface area contributed by atoms with Gasteiger partial charge in [-0.15, -0.1) is 0 Å². The molecule has 1 fully saturated rings. The molecule has 1 aliphatic rings. The Bertz CT molecular complexity index is 152. The van der Waals surface area contributed by atoms with Crippen LogP contribution in [0.3, 0.4) is 0 Å². The summed E-state index contributed by atoms with van der Waals surface area (Å²) in [4.78, 5) is 4.33. The summed E-state index contributed by atoms with van der Waals surface area (Å²) in [5.74, 6) is 7.61. The van der Waals surface area contributed by atoms with Crippen molar-refractivity contribution in [2.45, 2.75) is 31.4 Å². The van der Waals surface area contributed by atoms with Crippen molar-refractivity contribution >= 4 is 17.6 Å². The third-order valence-corrected chi connectivity index (χ3v) is 3.35. The fourth-order valence-corrected chi connectivity index (χ4v) is 2.66. The second kappa shape index (κ2) is 5.43. The predicted octanol–water partition coefficient (Wildman–Crippen LogP) is 1.15. The molecule has 0 radical (unpaired) electrons. The van der Waals surface area contributed by atoms with E-state index in [4.69, 9.17) is 5.84 Å². The number of amidine groups is 1. The predicted molar refractivity (Wildman–Crippen MR) is 55.4 cm³/mol. The molecule has 1 aliphatic heterocycles. The lowest BCUT2D eigenvalue weighted by atomic mass is 10.2. The number of aliphatic imine (C=N–C) groups is 1. The molecular weight excluding hydrogens is 170 g/mol. The molecule has 0 amide bonds. The molecule has 1 rings (SSSR count). The van der Waals surface area contributed by atoms with E-state index in [1.807, 2.05) is 18.7 Å². The third kappa shape index (κ3) is 2.68. The highest BCUT2D eigenvalue weighted by atomic mass is 32.2. The second-order valence-electron chi connectivity index (χ2n) is 2.86. The van der Waals surface area contributed by atoms with Crippen LogP contribution < -0.4 is 11.3 Å². The zero-order chi connectivity index (χ0) is 8.81. The summed E-state index contributed by atoms with van der Waals surface area (Å²) in [7, 11) is 0. The van der Waals surface area contributed by atoms with Gasteiger partial charge in [-0.3, -0.25) is 4.99 Å². The Labute approximate surface area is 78.2 Å². The molecule has 1 heterocycles. The van der Waals surface area contributed by atoms with E-state index in [2.05, 4.69) is 10.4 Å². The van der Waals surface area contributed by atoms with Gasteiger partial charge in [-0.2, -0.15) is 11.8 Å². The quantitative estimate of drug-likeness (QED) is 0.295. The van der Waals surface area contributed by atoms with Crippen LogP contribution in [-0.2, 0) is 0 Å². The molecule has 0 bridgehead atoms. The zero-order valence-electron chi connectivity index (χ0n) is 7.55. The molecular formula is C8H17N3S. The van der Waals surface area contributed by atoms with E-state index in [0.29, 0.717) is 5.25 Å². The van der Waals surface area contributed by atoms with Gasteiger partial charge in [-0.05, 0) is 25.5 Å². The molecule has 0 saturated carbocycles. The Kier molecular flexibility index (Phi) is 4.46. The Morgan fingerprint density at radius 2 is 2.50 bits per heavy atom. The first kappa shape index (κ1) is 9.86. The van der Waals surface area contributed by atoms with Crippen LogP contribution >= 0.6 is 11.8 Å². The highest BCUT2D eigenvalue weighted by Gasteiger charge is 2.18. The number of nitrogens with zero attached hydrogens (tertiary/aromatic N) is 1. The molecule has 12 heavy (non-hydrogen) atoms. The minimum Gasteiger partial charge on any atom is -0.311 e. The molecule has 0 aromatic heterocycles. The average Bonchev–Trinajstić information content (AvgIpc) is 2.15. The van der Waals surface area contributed by atoms with Crippen LogP contribution in [0.5, 0.6) is 0 Å². The van der Waals surface area contributed by atoms with Gasteiger partial charge in [0.05, 0.1) is 5.25 Å². The summed E-state index contributed by atoms with van der Waals surface area (Å²) in [5, 5.41) is 0.517. The molecule has 0 aromatic rings. The smallest absolute Gasteiger partial charge is 0.124 e. The van der Waals surface area contributed by atoms with E-state index in [1.165, 1.54) is 25.0 Å². The monoisotopic (exact) mass is 187 g/mol. The van der Waals surface area contributed by atoms with Gasteiger partial charge in [0.15, 0.2) is 0 Å². The van der Waals surface area contributed by atoms with Crippen molar-refractivity contribution in [1.82, 2.24) is 5.43 Å². The summed E-state index contributed by atoms with van der Waals surface area (Å²) in [6.07, 6.45) is 3.86. The van der Waals surface area contributed by atoms with Crippen molar-refractivity contribution < 1.29 is 0 Å². The molecule has 1 saturated heterocycles. The molecule has 0 aromatic carbocycles. The maximum absolute atomic E-state index is 5.40. The van der Waals surface area contributed by atoms with Crippen molar-refractivity contribution in [1.29, 1.82) is 0 Å². The van der Waals surface area contributed by atoms with Crippen LogP contribution in [0.25, 0.3) is 0 Å². The lowest BCUT2D eigenvalue weighted by Crippen LogP contribution is -2.39. The summed E-state index contributed by atoms with van der Waals surface area (Å²) < 4.78 is 0. The molecule has 0 aliphatic carbocycles. The topological polar surface area (TPSA) is 50.4 Å². The molecule has 0 spiro atoms. The summed E-state index contributed by atoms with van der Waals surface area (Å²) >= 11 is 1.96. The van der Waals surface area contributed by atoms with Gasteiger partial charge < -0.3 is 5.43 Å². The number of thioether (sulfide) groups is 1. The summed E-state index contributed by atoms with van der Waals surface area (Å²) in [6, 6.07) is 0. The van der Waals surface area contributed by atoms with Crippen LogP contribution in [0.4, 0.5) is 0 Å². The molecule has 1 atom stereocenters. The first-order valence-corrected chi connectivity index (χ1v) is 5.56. The van der Waals surface area contributed by atoms with Crippen LogP contribution in [0, 0.1) is 0 Å². The largest absolute Gasteiger partial charge is 0.311 e. The number of rotatable bonds is 2. The number of hydrogen-bond donors (Lipinski definition) is 2. The van der Waals surface area contributed by atoms with Crippen molar-refractivity contribution in [3.05, 3.63) is 0 Å². The van der Waals surface area contributed by atoms with Gasteiger partial charge in [0, 0.05) is 6.54 Å². The van der Waals surface area contributed by atoms with Gasteiger partial charge in [0.2, 0.25) is 0 Å². The zero-order valence-corrected chi connectivity index (χ0v) is 8.36. The van der Waals surface area contributed by atoms with E-state index in [-0.39, 0.29) is 0 Å². The van der Waals surface area contributed by atoms with Crippen LogP contribution in [0.1, 0.15) is 26.2 Å². The molecule has 3 N–H and O–H groups in total. The fourth-order valence-electron chi connectivity index (χ4n) is 1.37. The molecule has 70 valence electrons. The fraction of sp³-hybridized carbons (Fsp3) is 0.875. The minimum atomic E-state index is 0.517. The van der Waals surface area contributed by atoms with Gasteiger partial charge in [0.25, 0.3) is 0 Å². The Hall–Kier alpha value is -0.220. The van der Waals surface area contributed by atoms with Gasteiger partial charge >= 0.3 is 0 Å². The first-order valence-electron chi connectivity index (χ1n) is 4.51. The minimum absolute atomic E-state index is 0.517. The van der Waals surface area contributed by atoms with Crippen molar-refractivity contribution in [2.24, 2.45) is 10.8 Å². The SMILES string of the molecule is CCN=C(NN)C1CCCCS1. The highest BCUT2D eigenvalue weighted by Crippen LogP contribution is 2.25. The normalized spacial score (nSPS) is 25.5. The standard InChI is InChI=1S/C8H17N3S/c1-2-10-8(11-9)7-5-3-4-6-12-7/h7H,2-6,9H2,1H3,(H,10,11). The van der Waals surface area contributed by atoms with Gasteiger partial charge in [0.1, 0.15) is 5.84 Å². The lowest BCUT2D eigenvalue weighted by molar-refractivity contribution is 0.719. The number of hydrazine groups is 1. The Balaban J connectivity index is 2.46. The Morgan fingerprint density at radius 3 is 3.00 bits per heavy atom. The van der Waals surface area contributed by atoms with E-state index >= 15 is 0 Å². The van der Waals surface area contributed by atoms with Crippen LogP contribution in [-0.4, -0.2) is 23.4 Å². The molecule has 3 nitrogen and oxygen atoms in total. The van der Waals surface area contributed by atoms with E-state index in [1.54, 1.807) is 0 Å². The first-order chi connectivity index (χ1) is 5.88. The maximum Gasteiger partial charge on any atom is 0.124 e. The summed E-state index contributed by atoms with van der Waals surface area (Å²) in [6.45, 7) is 2.85. The van der Waals surface area contributed by atoms with E-state index in [9.17, 15) is 0 Å². The summed E-state index contributed by atoms with van der Waals surface area (Å²) in [5.41, 5.74) is 2.70. The van der Waals surface area contributed by atoms with E-state index < -0.39 is 0 Å². The number of nitrogens with two attached hydrogens (primary N) is 1. The molecule has 1 unspecified atom stereocenters. The van der Waals surface area contributed by atoms with Gasteiger partial charge in [-0.1, -0.05) is 6.42 Å². The number of hydrogen-bond acceptors (Lipinski definition) is 3. The van der Waals surface area contributed by atoms with Crippen LogP contribution in [0.15, 0.2) is 4.99 Å². The van der Waals surface area contributed by atoms with E-state index in [0.717, 1.165) is 12.4 Å². The van der Waals surface area contributed by atoms with Crippen LogP contribution in [0.2, 0.25) is 0 Å². The maximum atomic E-state index is 5.40. The molecule has 4 heteroatoms. The number of nitrogens with one attached hydrogen (secondary N) is 1. The highest BCUT2D eigenvalue weighted by molar-refractivity contribution is 8.00. The van der Waals surface area contributed by atoms with Gasteiger partial charge in [-0.25, -0.2) is 5.84 Å². The second-order valence-corrected chi connectivity index (χ2v) is 4.17. The van der Waals surface area contributed by atoms with Crippen molar-refractivity contribution in [2.75, 3.05) is 12.3 Å². The third-order valence-electron chi connectivity index (χ3n) is 1.96. The average molecular weight is 187 g/mol. The Morgan fingerprint density at radius 1 is 1.67 bits per heavy atom. The van der Waals surface area contributed by atoms with Crippen molar-refractivity contribution in [3.8, 4) is 0 Å².